The smallest absolute Gasteiger partial charge is 0.100 e. The Morgan fingerprint density at radius 2 is 2.20 bits per heavy atom. The van der Waals surface area contributed by atoms with Gasteiger partial charge in [0.1, 0.15) is 6.10 Å². The predicted molar refractivity (Wildman–Crippen MR) is 58.8 cm³/mol. The summed E-state index contributed by atoms with van der Waals surface area (Å²) in [6, 6.07) is 10.5. The van der Waals surface area contributed by atoms with Crippen LogP contribution in [0.5, 0.6) is 0 Å². The number of morpholine rings is 1. The lowest BCUT2D eigenvalue weighted by Crippen LogP contribution is -2.46. The summed E-state index contributed by atoms with van der Waals surface area (Å²) in [7, 11) is 1.72. The number of ether oxygens (including phenoxy) is 2. The average molecular weight is 207 g/mol. The minimum Gasteiger partial charge on any atom is -0.383 e. The lowest BCUT2D eigenvalue weighted by Gasteiger charge is -2.32. The summed E-state index contributed by atoms with van der Waals surface area (Å²) in [5.41, 5.74) is 1.21. The van der Waals surface area contributed by atoms with E-state index in [1.165, 1.54) is 5.56 Å². The highest BCUT2D eigenvalue weighted by Crippen LogP contribution is 2.23. The van der Waals surface area contributed by atoms with E-state index in [0.29, 0.717) is 6.61 Å². The molecule has 0 unspecified atom stereocenters. The highest BCUT2D eigenvalue weighted by atomic mass is 16.5. The van der Waals surface area contributed by atoms with Crippen LogP contribution < -0.4 is 5.32 Å². The van der Waals surface area contributed by atoms with Gasteiger partial charge in [-0.05, 0) is 5.56 Å². The maximum atomic E-state index is 5.79. The second-order valence-electron chi connectivity index (χ2n) is 3.72. The van der Waals surface area contributed by atoms with Crippen LogP contribution >= 0.6 is 0 Å². The molecule has 3 nitrogen and oxygen atoms in total. The summed E-state index contributed by atoms with van der Waals surface area (Å²) in [4.78, 5) is 0. The summed E-state index contributed by atoms with van der Waals surface area (Å²) in [5, 5.41) is 3.42. The van der Waals surface area contributed by atoms with Crippen LogP contribution in [0.2, 0.25) is 0 Å². The molecular weight excluding hydrogens is 190 g/mol. The van der Waals surface area contributed by atoms with Crippen molar-refractivity contribution in [1.29, 1.82) is 0 Å². The van der Waals surface area contributed by atoms with Crippen molar-refractivity contribution in [1.82, 2.24) is 5.32 Å². The van der Waals surface area contributed by atoms with E-state index in [1.807, 2.05) is 18.2 Å². The van der Waals surface area contributed by atoms with Crippen LogP contribution in [0.3, 0.4) is 0 Å². The van der Waals surface area contributed by atoms with Crippen molar-refractivity contribution in [3.63, 3.8) is 0 Å². The molecule has 82 valence electrons. The Bertz CT molecular complexity index is 287. The lowest BCUT2D eigenvalue weighted by molar-refractivity contribution is -0.0273. The van der Waals surface area contributed by atoms with Gasteiger partial charge in [0.15, 0.2) is 0 Å². The molecular formula is C12H17NO2. The maximum absolute atomic E-state index is 5.79. The first-order valence-corrected chi connectivity index (χ1v) is 5.30. The zero-order valence-electron chi connectivity index (χ0n) is 8.98. The molecule has 0 amide bonds. The van der Waals surface area contributed by atoms with Gasteiger partial charge in [0.05, 0.1) is 19.3 Å². The summed E-state index contributed by atoms with van der Waals surface area (Å²) < 4.78 is 11.0. The maximum Gasteiger partial charge on any atom is 0.100 e. The largest absolute Gasteiger partial charge is 0.383 e. The van der Waals surface area contributed by atoms with Gasteiger partial charge in [0.2, 0.25) is 0 Å². The van der Waals surface area contributed by atoms with Crippen LogP contribution in [-0.4, -0.2) is 32.9 Å². The number of methoxy groups -OCH3 is 1. The predicted octanol–water partition coefficient (Wildman–Crippen LogP) is 1.36. The Kier molecular flexibility index (Phi) is 3.72. The first kappa shape index (κ1) is 10.6. The third-order valence-corrected chi connectivity index (χ3v) is 2.65. The van der Waals surface area contributed by atoms with E-state index in [4.69, 9.17) is 9.47 Å². The zero-order chi connectivity index (χ0) is 10.5. The van der Waals surface area contributed by atoms with Crippen molar-refractivity contribution in [2.24, 2.45) is 0 Å². The highest BCUT2D eigenvalue weighted by Gasteiger charge is 2.26. The minimum absolute atomic E-state index is 0.111. The van der Waals surface area contributed by atoms with Gasteiger partial charge in [-0.15, -0.1) is 0 Å². The fourth-order valence-electron chi connectivity index (χ4n) is 1.95. The van der Waals surface area contributed by atoms with Crippen LogP contribution in [0.1, 0.15) is 11.7 Å². The summed E-state index contributed by atoms with van der Waals surface area (Å²) in [6.45, 7) is 2.34. The van der Waals surface area contributed by atoms with Crippen molar-refractivity contribution in [2.75, 3.05) is 26.9 Å². The van der Waals surface area contributed by atoms with Crippen molar-refractivity contribution in [3.8, 4) is 0 Å². The minimum atomic E-state index is 0.111. The number of nitrogens with one attached hydrogen (secondary N) is 1. The van der Waals surface area contributed by atoms with Gasteiger partial charge in [-0.1, -0.05) is 30.3 Å². The second-order valence-corrected chi connectivity index (χ2v) is 3.72. The van der Waals surface area contributed by atoms with Crippen molar-refractivity contribution < 1.29 is 9.47 Å². The van der Waals surface area contributed by atoms with Gasteiger partial charge in [0.25, 0.3) is 0 Å². The molecule has 2 rings (SSSR count). The van der Waals surface area contributed by atoms with Gasteiger partial charge < -0.3 is 14.8 Å². The molecule has 1 N–H and O–H groups in total. The van der Waals surface area contributed by atoms with E-state index in [-0.39, 0.29) is 12.1 Å². The first-order chi connectivity index (χ1) is 7.42. The topological polar surface area (TPSA) is 30.5 Å². The standard InChI is InChI=1S/C12H17NO2/c1-14-9-11-12(15-8-7-13-11)10-5-3-2-4-6-10/h2-6,11-13H,7-9H2,1H3/t11-,12+/m1/s1. The Labute approximate surface area is 90.4 Å². The van der Waals surface area contributed by atoms with Gasteiger partial charge in [-0.2, -0.15) is 0 Å². The average Bonchev–Trinajstić information content (AvgIpc) is 2.31. The van der Waals surface area contributed by atoms with Crippen LogP contribution in [0.25, 0.3) is 0 Å². The molecule has 0 saturated carbocycles. The molecule has 0 aliphatic carbocycles. The van der Waals surface area contributed by atoms with Crippen molar-refractivity contribution in [3.05, 3.63) is 35.9 Å². The summed E-state index contributed by atoms with van der Waals surface area (Å²) >= 11 is 0. The van der Waals surface area contributed by atoms with Gasteiger partial charge in [-0.25, -0.2) is 0 Å². The molecule has 1 aromatic rings. The molecule has 1 fully saturated rings. The SMILES string of the molecule is COC[C@H]1NCCO[C@H]1c1ccccc1. The molecule has 3 heteroatoms. The van der Waals surface area contributed by atoms with Gasteiger partial charge in [0, 0.05) is 13.7 Å². The monoisotopic (exact) mass is 207 g/mol. The molecule has 1 aliphatic heterocycles. The third kappa shape index (κ3) is 2.56. The van der Waals surface area contributed by atoms with E-state index < -0.39 is 0 Å². The Hall–Kier alpha value is -0.900. The zero-order valence-corrected chi connectivity index (χ0v) is 8.98. The summed E-state index contributed by atoms with van der Waals surface area (Å²) in [5.74, 6) is 0. The number of benzene rings is 1. The molecule has 0 radical (unpaired) electrons. The fourth-order valence-corrected chi connectivity index (χ4v) is 1.95. The number of rotatable bonds is 3. The molecule has 1 saturated heterocycles. The molecule has 2 atom stereocenters. The Morgan fingerprint density at radius 3 is 2.93 bits per heavy atom. The number of hydrogen-bond donors (Lipinski definition) is 1. The molecule has 1 aliphatic rings. The van der Waals surface area contributed by atoms with Crippen molar-refractivity contribution in [2.45, 2.75) is 12.1 Å². The van der Waals surface area contributed by atoms with Crippen molar-refractivity contribution >= 4 is 0 Å². The van der Waals surface area contributed by atoms with Crippen LogP contribution in [0.15, 0.2) is 30.3 Å². The molecule has 1 aromatic carbocycles. The molecule has 1 heterocycles. The number of hydrogen-bond acceptors (Lipinski definition) is 3. The molecule has 15 heavy (non-hydrogen) atoms. The molecule has 0 aromatic heterocycles. The Morgan fingerprint density at radius 1 is 1.40 bits per heavy atom. The van der Waals surface area contributed by atoms with Gasteiger partial charge >= 0.3 is 0 Å². The van der Waals surface area contributed by atoms with E-state index in [9.17, 15) is 0 Å². The normalized spacial score (nSPS) is 26.5. The second kappa shape index (κ2) is 5.26. The third-order valence-electron chi connectivity index (χ3n) is 2.65. The van der Waals surface area contributed by atoms with E-state index in [1.54, 1.807) is 7.11 Å². The summed E-state index contributed by atoms with van der Waals surface area (Å²) in [6.07, 6.45) is 0.111. The highest BCUT2D eigenvalue weighted by molar-refractivity contribution is 5.19. The fraction of sp³-hybridized carbons (Fsp3) is 0.500. The van der Waals surface area contributed by atoms with Crippen LogP contribution in [0.4, 0.5) is 0 Å². The molecule has 0 spiro atoms. The molecule has 0 bridgehead atoms. The van der Waals surface area contributed by atoms with E-state index >= 15 is 0 Å². The van der Waals surface area contributed by atoms with E-state index in [0.717, 1.165) is 13.2 Å². The van der Waals surface area contributed by atoms with Gasteiger partial charge in [-0.3, -0.25) is 0 Å². The lowest BCUT2D eigenvalue weighted by atomic mass is 10.0. The van der Waals surface area contributed by atoms with Crippen LogP contribution in [-0.2, 0) is 9.47 Å². The first-order valence-electron chi connectivity index (χ1n) is 5.30. The van der Waals surface area contributed by atoms with Crippen LogP contribution in [0, 0.1) is 0 Å². The van der Waals surface area contributed by atoms with E-state index in [2.05, 4.69) is 17.4 Å². The Balaban J connectivity index is 2.11. The quantitative estimate of drug-likeness (QED) is 0.812.